The Balaban J connectivity index is 0.000000861. The maximum Gasteiger partial charge on any atom is 0.421 e. The van der Waals surface area contributed by atoms with E-state index >= 15 is 0 Å². The van der Waals surface area contributed by atoms with Crippen LogP contribution in [0.4, 0.5) is 4.79 Å². The highest BCUT2D eigenvalue weighted by atomic mass is 16.6. The van der Waals surface area contributed by atoms with Gasteiger partial charge >= 0.3 is 6.09 Å². The lowest BCUT2D eigenvalue weighted by Crippen LogP contribution is -2.44. The zero-order valence-corrected chi connectivity index (χ0v) is 11.5. The van der Waals surface area contributed by atoms with Crippen LogP contribution in [-0.4, -0.2) is 25.3 Å². The van der Waals surface area contributed by atoms with Crippen molar-refractivity contribution < 1.29 is 14.3 Å². The van der Waals surface area contributed by atoms with Crippen molar-refractivity contribution in [1.29, 1.82) is 0 Å². The summed E-state index contributed by atoms with van der Waals surface area (Å²) in [7, 11) is 0. The van der Waals surface area contributed by atoms with E-state index in [4.69, 9.17) is 9.47 Å². The second kappa shape index (κ2) is 9.35. The molecule has 1 heterocycles. The van der Waals surface area contributed by atoms with E-state index < -0.39 is 6.09 Å². The van der Waals surface area contributed by atoms with Crippen LogP contribution < -0.4 is 10.9 Å². The highest BCUT2D eigenvalue weighted by molar-refractivity contribution is 5.66. The molecule has 2 N–H and O–H groups in total. The molecule has 1 aliphatic rings. The van der Waals surface area contributed by atoms with Gasteiger partial charge in [0.1, 0.15) is 6.61 Å². The summed E-state index contributed by atoms with van der Waals surface area (Å²) in [5.41, 5.74) is 6.34. The summed E-state index contributed by atoms with van der Waals surface area (Å²) in [6.45, 7) is 5.63. The van der Waals surface area contributed by atoms with Gasteiger partial charge in [-0.15, -0.1) is 0 Å². The van der Waals surface area contributed by atoms with Crippen molar-refractivity contribution >= 4 is 6.09 Å². The average molecular weight is 266 g/mol. The number of hydrogen-bond donors (Lipinski definition) is 2. The Hall–Kier alpha value is -1.59. The predicted octanol–water partition coefficient (Wildman–Crippen LogP) is 2.23. The van der Waals surface area contributed by atoms with E-state index in [1.54, 1.807) is 0 Å². The monoisotopic (exact) mass is 266 g/mol. The Labute approximate surface area is 114 Å². The van der Waals surface area contributed by atoms with Gasteiger partial charge in [0, 0.05) is 6.61 Å². The van der Waals surface area contributed by atoms with E-state index in [-0.39, 0.29) is 12.6 Å². The third kappa shape index (κ3) is 6.22. The van der Waals surface area contributed by atoms with Crippen molar-refractivity contribution in [2.45, 2.75) is 32.9 Å². The van der Waals surface area contributed by atoms with Crippen LogP contribution in [0.2, 0.25) is 0 Å². The van der Waals surface area contributed by atoms with Gasteiger partial charge in [0.15, 0.2) is 0 Å². The predicted molar refractivity (Wildman–Crippen MR) is 73.5 cm³/mol. The number of hydrogen-bond acceptors (Lipinski definition) is 4. The number of hydrazine groups is 1. The normalized spacial score (nSPS) is 17.3. The van der Waals surface area contributed by atoms with Gasteiger partial charge in [-0.3, -0.25) is 5.43 Å². The number of nitrogens with one attached hydrogen (secondary N) is 2. The fourth-order valence-electron chi connectivity index (χ4n) is 1.57. The van der Waals surface area contributed by atoms with Crippen molar-refractivity contribution in [1.82, 2.24) is 10.9 Å². The smallest absolute Gasteiger partial charge is 0.421 e. The minimum absolute atomic E-state index is 0.180. The highest BCUT2D eigenvalue weighted by Crippen LogP contribution is 2.02. The van der Waals surface area contributed by atoms with E-state index in [1.807, 2.05) is 44.2 Å². The first-order valence-electron chi connectivity index (χ1n) is 6.64. The second-order valence-electron chi connectivity index (χ2n) is 3.89. The van der Waals surface area contributed by atoms with E-state index in [9.17, 15) is 4.79 Å². The molecule has 1 atom stereocenters. The topological polar surface area (TPSA) is 59.6 Å². The van der Waals surface area contributed by atoms with Gasteiger partial charge in [-0.2, -0.15) is 0 Å². The van der Waals surface area contributed by atoms with Crippen LogP contribution >= 0.6 is 0 Å². The van der Waals surface area contributed by atoms with E-state index in [0.29, 0.717) is 6.61 Å². The van der Waals surface area contributed by atoms with Crippen LogP contribution in [0, 0.1) is 0 Å². The number of carbonyl (C=O) groups excluding carboxylic acids is 1. The molecule has 0 bridgehead atoms. The van der Waals surface area contributed by atoms with Crippen LogP contribution in [0.3, 0.4) is 0 Å². The first kappa shape index (κ1) is 15.5. The fraction of sp³-hybridized carbons (Fsp3) is 0.500. The van der Waals surface area contributed by atoms with Crippen LogP contribution in [0.15, 0.2) is 30.3 Å². The lowest BCUT2D eigenvalue weighted by Gasteiger charge is -2.12. The van der Waals surface area contributed by atoms with Crippen LogP contribution in [0.1, 0.15) is 25.8 Å². The lowest BCUT2D eigenvalue weighted by atomic mass is 10.2. The molecule has 1 fully saturated rings. The number of ether oxygens (including phenoxy) is 2. The molecule has 5 heteroatoms. The van der Waals surface area contributed by atoms with Crippen LogP contribution in [0.25, 0.3) is 0 Å². The first-order valence-corrected chi connectivity index (χ1v) is 6.64. The number of benzene rings is 1. The molecule has 1 amide bonds. The third-order valence-electron chi connectivity index (χ3n) is 2.52. The van der Waals surface area contributed by atoms with Crippen molar-refractivity contribution in [3.8, 4) is 0 Å². The van der Waals surface area contributed by atoms with E-state index in [2.05, 4.69) is 10.9 Å². The first-order chi connectivity index (χ1) is 9.34. The lowest BCUT2D eigenvalue weighted by molar-refractivity contribution is 0.131. The Morgan fingerprint density at radius 1 is 1.37 bits per heavy atom. The molecule has 106 valence electrons. The molecule has 1 aromatic rings. The Bertz CT molecular complexity index is 351. The van der Waals surface area contributed by atoms with Gasteiger partial charge in [0.25, 0.3) is 0 Å². The summed E-state index contributed by atoms with van der Waals surface area (Å²) in [6, 6.07) is 9.73. The molecule has 19 heavy (non-hydrogen) atoms. The number of rotatable bonds is 4. The summed E-state index contributed by atoms with van der Waals surface area (Å²) in [5.74, 6) is 0. The molecule has 1 saturated heterocycles. The molecule has 0 saturated carbocycles. The summed E-state index contributed by atoms with van der Waals surface area (Å²) < 4.78 is 10.2. The van der Waals surface area contributed by atoms with E-state index in [0.717, 1.165) is 18.6 Å². The Morgan fingerprint density at radius 3 is 2.74 bits per heavy atom. The van der Waals surface area contributed by atoms with Gasteiger partial charge in [-0.1, -0.05) is 44.2 Å². The van der Waals surface area contributed by atoms with Crippen molar-refractivity contribution in [2.24, 2.45) is 0 Å². The maximum absolute atomic E-state index is 11.3. The summed E-state index contributed by atoms with van der Waals surface area (Å²) in [6.07, 6.45) is 0.430. The standard InChI is InChI=1S/C12H16N2O3.C2H6/c15-12(14-13-11-6-7-16-9-11)17-8-10-4-2-1-3-5-10;1-2/h1-5,11,13H,6-9H2,(H,14,15);1-2H3/t11-;/m0./s1. The van der Waals surface area contributed by atoms with Crippen LogP contribution in [0.5, 0.6) is 0 Å². The molecule has 0 spiro atoms. The highest BCUT2D eigenvalue weighted by Gasteiger charge is 2.15. The van der Waals surface area contributed by atoms with Crippen molar-refractivity contribution in [3.63, 3.8) is 0 Å². The Morgan fingerprint density at radius 2 is 2.11 bits per heavy atom. The molecular formula is C14H22N2O3. The molecule has 5 nitrogen and oxygen atoms in total. The molecule has 1 aromatic carbocycles. The summed E-state index contributed by atoms with van der Waals surface area (Å²) in [4.78, 5) is 11.3. The van der Waals surface area contributed by atoms with Gasteiger partial charge < -0.3 is 9.47 Å². The fourth-order valence-corrected chi connectivity index (χ4v) is 1.57. The van der Waals surface area contributed by atoms with Crippen LogP contribution in [-0.2, 0) is 16.1 Å². The average Bonchev–Trinajstić information content (AvgIpc) is 2.99. The largest absolute Gasteiger partial charge is 0.444 e. The van der Waals surface area contributed by atoms with Gasteiger partial charge in [0.05, 0.1) is 12.6 Å². The van der Waals surface area contributed by atoms with Gasteiger partial charge in [-0.25, -0.2) is 10.2 Å². The molecule has 0 radical (unpaired) electrons. The number of amides is 1. The quantitative estimate of drug-likeness (QED) is 0.820. The van der Waals surface area contributed by atoms with Crippen molar-refractivity contribution in [3.05, 3.63) is 35.9 Å². The number of carbonyl (C=O) groups is 1. The minimum atomic E-state index is -0.472. The second-order valence-corrected chi connectivity index (χ2v) is 3.89. The van der Waals surface area contributed by atoms with Gasteiger partial charge in [-0.05, 0) is 12.0 Å². The summed E-state index contributed by atoms with van der Waals surface area (Å²) in [5, 5.41) is 0. The van der Waals surface area contributed by atoms with Gasteiger partial charge in [0.2, 0.25) is 0 Å². The molecule has 0 aliphatic carbocycles. The Kier molecular flexibility index (Phi) is 7.62. The van der Waals surface area contributed by atoms with E-state index in [1.165, 1.54) is 0 Å². The molecular weight excluding hydrogens is 244 g/mol. The zero-order chi connectivity index (χ0) is 13.9. The molecule has 1 aliphatic heterocycles. The molecule has 0 unspecified atom stereocenters. The SMILES string of the molecule is CC.O=C(NN[C@H]1CCOC1)OCc1ccccc1. The van der Waals surface area contributed by atoms with Crippen molar-refractivity contribution in [2.75, 3.05) is 13.2 Å². The minimum Gasteiger partial charge on any atom is -0.444 e. The summed E-state index contributed by atoms with van der Waals surface area (Å²) >= 11 is 0. The maximum atomic E-state index is 11.3. The third-order valence-corrected chi connectivity index (χ3v) is 2.52. The zero-order valence-electron chi connectivity index (χ0n) is 11.5. The molecule has 2 rings (SSSR count). The molecule has 0 aromatic heterocycles.